The van der Waals surface area contributed by atoms with E-state index in [2.05, 4.69) is 4.74 Å². The lowest BCUT2D eigenvalue weighted by atomic mass is 9.91. The molecule has 1 aliphatic heterocycles. The van der Waals surface area contributed by atoms with E-state index < -0.39 is 17.7 Å². The molecule has 5 nitrogen and oxygen atoms in total. The van der Waals surface area contributed by atoms with Gasteiger partial charge in [-0.1, -0.05) is 30.3 Å². The number of ether oxygens (including phenoxy) is 2. The van der Waals surface area contributed by atoms with Crippen LogP contribution in [-0.4, -0.2) is 29.7 Å². The maximum Gasteiger partial charge on any atom is 0.415 e. The molecule has 1 fully saturated rings. The predicted octanol–water partition coefficient (Wildman–Crippen LogP) is 3.43. The van der Waals surface area contributed by atoms with Crippen molar-refractivity contribution < 1.29 is 19.1 Å². The fourth-order valence-electron chi connectivity index (χ4n) is 2.30. The van der Waals surface area contributed by atoms with Gasteiger partial charge in [-0.2, -0.15) is 0 Å². The van der Waals surface area contributed by atoms with Crippen LogP contribution < -0.4 is 0 Å². The van der Waals surface area contributed by atoms with Crippen molar-refractivity contribution in [3.63, 3.8) is 0 Å². The Morgan fingerprint density at radius 3 is 2.41 bits per heavy atom. The Kier molecular flexibility index (Phi) is 4.54. The molecular weight excluding hydrogens is 282 g/mol. The monoisotopic (exact) mass is 303 g/mol. The summed E-state index contributed by atoms with van der Waals surface area (Å²) in [4.78, 5) is 25.4. The highest BCUT2D eigenvalue weighted by Crippen LogP contribution is 2.42. The van der Waals surface area contributed by atoms with Crippen molar-refractivity contribution in [3.05, 3.63) is 47.7 Å². The average molecular weight is 303 g/mol. The Morgan fingerprint density at radius 1 is 1.23 bits per heavy atom. The van der Waals surface area contributed by atoms with E-state index >= 15 is 0 Å². The van der Waals surface area contributed by atoms with Gasteiger partial charge in [0.15, 0.2) is 0 Å². The lowest BCUT2D eigenvalue weighted by Crippen LogP contribution is -2.46. The van der Waals surface area contributed by atoms with Crippen LogP contribution in [0.25, 0.3) is 0 Å². The maximum atomic E-state index is 12.4. The number of hydrogen-bond acceptors (Lipinski definition) is 4. The van der Waals surface area contributed by atoms with Gasteiger partial charge < -0.3 is 9.47 Å². The molecule has 0 radical (unpaired) electrons. The summed E-state index contributed by atoms with van der Waals surface area (Å²) < 4.78 is 10.1. The Bertz CT molecular complexity index is 586. The van der Waals surface area contributed by atoms with Crippen LogP contribution in [0.1, 0.15) is 38.8 Å². The topological polar surface area (TPSA) is 55.8 Å². The van der Waals surface area contributed by atoms with E-state index in [4.69, 9.17) is 4.74 Å². The molecule has 1 aliphatic rings. The van der Waals surface area contributed by atoms with Crippen molar-refractivity contribution in [1.29, 1.82) is 0 Å². The fourth-order valence-corrected chi connectivity index (χ4v) is 2.30. The smallest absolute Gasteiger partial charge is 0.415 e. The van der Waals surface area contributed by atoms with Gasteiger partial charge >= 0.3 is 12.1 Å². The number of nitrogens with zero attached hydrogens (tertiary/aromatic N) is 1. The van der Waals surface area contributed by atoms with Gasteiger partial charge in [0.2, 0.25) is 0 Å². The van der Waals surface area contributed by atoms with E-state index in [0.717, 1.165) is 5.56 Å². The van der Waals surface area contributed by atoms with Gasteiger partial charge in [-0.15, -0.1) is 0 Å². The van der Waals surface area contributed by atoms with Crippen LogP contribution in [0.5, 0.6) is 0 Å². The van der Waals surface area contributed by atoms with E-state index in [1.54, 1.807) is 0 Å². The largest absolute Gasteiger partial charge is 0.466 e. The average Bonchev–Trinajstić information content (AvgIpc) is 2.41. The minimum atomic E-state index is -0.593. The lowest BCUT2D eigenvalue weighted by molar-refractivity contribution is -0.135. The van der Waals surface area contributed by atoms with Crippen molar-refractivity contribution in [1.82, 2.24) is 4.90 Å². The molecule has 0 N–H and O–H groups in total. The number of amides is 1. The molecule has 1 unspecified atom stereocenters. The third-order valence-corrected chi connectivity index (χ3v) is 3.28. The summed E-state index contributed by atoms with van der Waals surface area (Å²) in [5.74, 6) is -0.477. The highest BCUT2D eigenvalue weighted by Gasteiger charge is 2.41. The number of esters is 1. The van der Waals surface area contributed by atoms with Gasteiger partial charge in [0.05, 0.1) is 13.2 Å². The summed E-state index contributed by atoms with van der Waals surface area (Å²) in [6, 6.07) is 9.56. The summed E-state index contributed by atoms with van der Waals surface area (Å²) in [5.41, 5.74) is 1.02. The molecule has 0 bridgehead atoms. The number of methoxy groups -OCH3 is 1. The molecule has 1 aromatic carbocycles. The standard InChI is InChI=1S/C17H21NO4/c1-17(2,3)22-16(20)18-13(11-15(19)21-4)10-14(18)12-8-6-5-7-9-12/h5-9,11,14H,10H2,1-4H3/b13-11+. The molecule has 0 spiro atoms. The number of hydrogen-bond donors (Lipinski definition) is 0. The van der Waals surface area contributed by atoms with Gasteiger partial charge in [0.25, 0.3) is 0 Å². The summed E-state index contributed by atoms with van der Waals surface area (Å²) in [6.45, 7) is 5.43. The molecule has 2 rings (SSSR count). The van der Waals surface area contributed by atoms with Crippen LogP contribution in [0.15, 0.2) is 42.1 Å². The molecule has 1 aromatic rings. The second-order valence-electron chi connectivity index (χ2n) is 6.14. The SMILES string of the molecule is COC(=O)/C=C1\CC(c2ccccc2)N1C(=O)OC(C)(C)C. The Morgan fingerprint density at radius 2 is 1.86 bits per heavy atom. The zero-order valence-electron chi connectivity index (χ0n) is 13.3. The first-order chi connectivity index (χ1) is 10.3. The molecule has 118 valence electrons. The maximum absolute atomic E-state index is 12.4. The predicted molar refractivity (Wildman–Crippen MR) is 82.0 cm³/mol. The normalized spacial score (nSPS) is 19.5. The van der Waals surface area contributed by atoms with Gasteiger partial charge in [0.1, 0.15) is 5.60 Å². The van der Waals surface area contributed by atoms with Crippen molar-refractivity contribution >= 4 is 12.1 Å². The first-order valence-electron chi connectivity index (χ1n) is 7.17. The summed E-state index contributed by atoms with van der Waals surface area (Å²) in [5, 5.41) is 0. The second kappa shape index (κ2) is 6.22. The van der Waals surface area contributed by atoms with E-state index in [9.17, 15) is 9.59 Å². The van der Waals surface area contributed by atoms with E-state index in [1.807, 2.05) is 51.1 Å². The van der Waals surface area contributed by atoms with Crippen LogP contribution >= 0.6 is 0 Å². The van der Waals surface area contributed by atoms with Gasteiger partial charge in [-0.25, -0.2) is 9.59 Å². The Hall–Kier alpha value is -2.30. The van der Waals surface area contributed by atoms with Gasteiger partial charge in [0, 0.05) is 18.2 Å². The highest BCUT2D eigenvalue weighted by atomic mass is 16.6. The van der Waals surface area contributed by atoms with Gasteiger partial charge in [-0.3, -0.25) is 4.90 Å². The molecule has 1 atom stereocenters. The number of likely N-dealkylation sites (tertiary alicyclic amines) is 1. The molecule has 0 aliphatic carbocycles. The molecular formula is C17H21NO4. The number of carbonyl (C=O) groups excluding carboxylic acids is 2. The summed E-state index contributed by atoms with van der Waals surface area (Å²) in [6.07, 6.45) is 1.48. The minimum Gasteiger partial charge on any atom is -0.466 e. The third kappa shape index (κ3) is 3.67. The molecule has 1 heterocycles. The summed E-state index contributed by atoms with van der Waals surface area (Å²) >= 11 is 0. The van der Waals surface area contributed by atoms with Crippen molar-refractivity contribution in [2.24, 2.45) is 0 Å². The second-order valence-corrected chi connectivity index (χ2v) is 6.14. The lowest BCUT2D eigenvalue weighted by Gasteiger charge is -2.43. The number of carbonyl (C=O) groups is 2. The van der Waals surface area contributed by atoms with E-state index in [-0.39, 0.29) is 6.04 Å². The minimum absolute atomic E-state index is 0.119. The first kappa shape index (κ1) is 16.1. The summed E-state index contributed by atoms with van der Waals surface area (Å²) in [7, 11) is 1.31. The van der Waals surface area contributed by atoms with Crippen LogP contribution in [0.4, 0.5) is 4.79 Å². The quantitative estimate of drug-likeness (QED) is 0.620. The van der Waals surface area contributed by atoms with Crippen LogP contribution in [0, 0.1) is 0 Å². The fraction of sp³-hybridized carbons (Fsp3) is 0.412. The number of benzene rings is 1. The molecule has 1 amide bonds. The highest BCUT2D eigenvalue weighted by molar-refractivity contribution is 5.85. The van der Waals surface area contributed by atoms with Crippen molar-refractivity contribution in [3.8, 4) is 0 Å². The van der Waals surface area contributed by atoms with E-state index in [0.29, 0.717) is 12.1 Å². The van der Waals surface area contributed by atoms with Gasteiger partial charge in [-0.05, 0) is 26.3 Å². The molecule has 22 heavy (non-hydrogen) atoms. The zero-order valence-corrected chi connectivity index (χ0v) is 13.3. The van der Waals surface area contributed by atoms with E-state index in [1.165, 1.54) is 18.1 Å². The van der Waals surface area contributed by atoms with Crippen LogP contribution in [-0.2, 0) is 14.3 Å². The molecule has 0 aromatic heterocycles. The molecule has 1 saturated heterocycles. The third-order valence-electron chi connectivity index (χ3n) is 3.28. The zero-order chi connectivity index (χ0) is 16.3. The Balaban J connectivity index is 2.24. The van der Waals surface area contributed by atoms with Crippen molar-refractivity contribution in [2.45, 2.75) is 38.8 Å². The number of rotatable bonds is 2. The van der Waals surface area contributed by atoms with Crippen LogP contribution in [0.2, 0.25) is 0 Å². The molecule has 5 heteroatoms. The Labute approximate surface area is 130 Å². The van der Waals surface area contributed by atoms with Crippen molar-refractivity contribution in [2.75, 3.05) is 7.11 Å². The van der Waals surface area contributed by atoms with Crippen LogP contribution in [0.3, 0.4) is 0 Å². The molecule has 0 saturated carbocycles. The first-order valence-corrected chi connectivity index (χ1v) is 7.17.